The van der Waals surface area contributed by atoms with Gasteiger partial charge in [-0.2, -0.15) is 13.2 Å². The van der Waals surface area contributed by atoms with Crippen LogP contribution in [0.1, 0.15) is 29.9 Å². The van der Waals surface area contributed by atoms with Crippen molar-refractivity contribution in [3.05, 3.63) is 58.9 Å². The van der Waals surface area contributed by atoms with Crippen molar-refractivity contribution in [3.63, 3.8) is 0 Å². The maximum atomic E-state index is 13.4. The minimum Gasteiger partial charge on any atom is -0.466 e. The van der Waals surface area contributed by atoms with E-state index in [2.05, 4.69) is 5.32 Å². The molecule has 1 heterocycles. The van der Waals surface area contributed by atoms with Crippen molar-refractivity contribution in [1.82, 2.24) is 5.32 Å². The lowest BCUT2D eigenvalue weighted by molar-refractivity contribution is -0.139. The molecule has 8 heteroatoms. The first-order valence-electron chi connectivity index (χ1n) is 7.43. The van der Waals surface area contributed by atoms with Crippen molar-refractivity contribution in [2.24, 2.45) is 5.73 Å². The lowest BCUT2D eigenvalue weighted by Gasteiger charge is -2.28. The number of hydrogen-bond acceptors (Lipinski definition) is 4. The van der Waals surface area contributed by atoms with Gasteiger partial charge in [-0.3, -0.25) is 4.79 Å². The number of carbonyl (C=O) groups is 2. The van der Waals surface area contributed by atoms with E-state index in [4.69, 9.17) is 10.5 Å². The van der Waals surface area contributed by atoms with Gasteiger partial charge in [-0.1, -0.05) is 18.2 Å². The molecule has 0 aromatic heterocycles. The van der Waals surface area contributed by atoms with Crippen LogP contribution in [0.2, 0.25) is 0 Å². The number of amides is 1. The number of alkyl halides is 3. The fourth-order valence-corrected chi connectivity index (χ4v) is 2.76. The highest BCUT2D eigenvalue weighted by atomic mass is 19.4. The fraction of sp³-hybridized carbons (Fsp3) is 0.294. The third-order valence-corrected chi connectivity index (χ3v) is 3.85. The van der Waals surface area contributed by atoms with Crippen molar-refractivity contribution in [2.75, 3.05) is 7.11 Å². The molecule has 1 unspecified atom stereocenters. The van der Waals surface area contributed by atoms with Crippen LogP contribution in [-0.2, 0) is 20.5 Å². The van der Waals surface area contributed by atoms with E-state index in [1.165, 1.54) is 30.6 Å². The van der Waals surface area contributed by atoms with Gasteiger partial charge < -0.3 is 15.8 Å². The summed E-state index contributed by atoms with van der Waals surface area (Å²) in [4.78, 5) is 23.1. The van der Waals surface area contributed by atoms with Gasteiger partial charge in [0, 0.05) is 24.7 Å². The minimum atomic E-state index is -4.59. The Labute approximate surface area is 142 Å². The fourth-order valence-electron chi connectivity index (χ4n) is 2.76. The molecule has 0 fully saturated rings. The summed E-state index contributed by atoms with van der Waals surface area (Å²) in [5, 5.41) is 2.72. The smallest absolute Gasteiger partial charge is 0.416 e. The Balaban J connectivity index is 2.55. The highest BCUT2D eigenvalue weighted by molar-refractivity contribution is 5.91. The number of ether oxygens (including phenoxy) is 1. The number of nitrogens with two attached hydrogens (primary N) is 1. The topological polar surface area (TPSA) is 81.4 Å². The first-order chi connectivity index (χ1) is 11.8. The molecule has 0 saturated heterocycles. The number of halogens is 3. The van der Waals surface area contributed by atoms with E-state index < -0.39 is 29.5 Å². The van der Waals surface area contributed by atoms with Crippen molar-refractivity contribution < 1.29 is 27.5 Å². The first kappa shape index (κ1) is 18.6. The zero-order chi connectivity index (χ0) is 18.6. The van der Waals surface area contributed by atoms with Crippen molar-refractivity contribution >= 4 is 11.9 Å². The molecule has 0 saturated carbocycles. The third kappa shape index (κ3) is 4.20. The molecule has 2 rings (SSSR count). The van der Waals surface area contributed by atoms with Gasteiger partial charge in [0.2, 0.25) is 5.91 Å². The summed E-state index contributed by atoms with van der Waals surface area (Å²) < 4.78 is 44.9. The number of hydrogen-bond donors (Lipinski definition) is 2. The van der Waals surface area contributed by atoms with Gasteiger partial charge >= 0.3 is 12.1 Å². The average Bonchev–Trinajstić information content (AvgIpc) is 2.58. The maximum Gasteiger partial charge on any atom is 0.416 e. The summed E-state index contributed by atoms with van der Waals surface area (Å²) in [5.41, 5.74) is 4.69. The Morgan fingerprint density at radius 3 is 2.52 bits per heavy atom. The number of dihydropyridines is 1. The molecule has 0 radical (unpaired) electrons. The Morgan fingerprint density at radius 2 is 1.92 bits per heavy atom. The van der Waals surface area contributed by atoms with Gasteiger partial charge in [0.25, 0.3) is 0 Å². The summed E-state index contributed by atoms with van der Waals surface area (Å²) in [6, 6.07) is 5.01. The van der Waals surface area contributed by atoms with Crippen LogP contribution in [0.15, 0.2) is 47.8 Å². The number of esters is 1. The van der Waals surface area contributed by atoms with E-state index in [1.807, 2.05) is 0 Å². The predicted molar refractivity (Wildman–Crippen MR) is 83.9 cm³/mol. The molecular formula is C17H17F3N2O3. The second kappa shape index (κ2) is 7.42. The van der Waals surface area contributed by atoms with Crippen LogP contribution in [0.25, 0.3) is 0 Å². The summed E-state index contributed by atoms with van der Waals surface area (Å²) >= 11 is 0. The monoisotopic (exact) mass is 354 g/mol. The molecule has 1 aliphatic heterocycles. The van der Waals surface area contributed by atoms with Crippen LogP contribution in [-0.4, -0.2) is 19.0 Å². The lowest BCUT2D eigenvalue weighted by Crippen LogP contribution is -2.25. The molecule has 3 N–H and O–H groups in total. The summed E-state index contributed by atoms with van der Waals surface area (Å²) in [6.07, 6.45) is -1.73. The van der Waals surface area contributed by atoms with Crippen LogP contribution in [0.4, 0.5) is 13.2 Å². The van der Waals surface area contributed by atoms with Gasteiger partial charge in [0.1, 0.15) is 0 Å². The number of nitrogens with one attached hydrogen (secondary N) is 1. The summed E-state index contributed by atoms with van der Waals surface area (Å²) in [7, 11) is 1.15. The molecule has 1 aromatic rings. The van der Waals surface area contributed by atoms with Crippen molar-refractivity contribution in [2.45, 2.75) is 24.9 Å². The third-order valence-electron chi connectivity index (χ3n) is 3.85. The van der Waals surface area contributed by atoms with E-state index >= 15 is 0 Å². The summed E-state index contributed by atoms with van der Waals surface area (Å²) in [6.45, 7) is 0. The molecule has 0 spiro atoms. The van der Waals surface area contributed by atoms with E-state index in [0.29, 0.717) is 5.57 Å². The second-order valence-corrected chi connectivity index (χ2v) is 5.46. The number of primary amides is 1. The van der Waals surface area contributed by atoms with Gasteiger partial charge in [0.05, 0.1) is 18.2 Å². The molecular weight excluding hydrogens is 337 g/mol. The van der Waals surface area contributed by atoms with Crippen LogP contribution >= 0.6 is 0 Å². The maximum absolute atomic E-state index is 13.4. The van der Waals surface area contributed by atoms with E-state index in [0.717, 1.165) is 13.2 Å². The highest BCUT2D eigenvalue weighted by Crippen LogP contribution is 2.42. The Hall–Kier alpha value is -2.77. The number of benzene rings is 1. The quantitative estimate of drug-likeness (QED) is 0.797. The lowest BCUT2D eigenvalue weighted by atomic mass is 9.80. The molecule has 1 aliphatic rings. The van der Waals surface area contributed by atoms with Crippen molar-refractivity contribution in [1.29, 1.82) is 0 Å². The normalized spacial score (nSPS) is 17.2. The molecule has 5 nitrogen and oxygen atoms in total. The molecule has 25 heavy (non-hydrogen) atoms. The Bertz CT molecular complexity index is 739. The van der Waals surface area contributed by atoms with Crippen LogP contribution < -0.4 is 11.1 Å². The average molecular weight is 354 g/mol. The van der Waals surface area contributed by atoms with Crippen molar-refractivity contribution in [3.8, 4) is 0 Å². The van der Waals surface area contributed by atoms with Crippen LogP contribution in [0.5, 0.6) is 0 Å². The van der Waals surface area contributed by atoms with Crippen LogP contribution in [0.3, 0.4) is 0 Å². The highest BCUT2D eigenvalue weighted by Gasteiger charge is 2.38. The molecule has 1 amide bonds. The Morgan fingerprint density at radius 1 is 1.24 bits per heavy atom. The zero-order valence-corrected chi connectivity index (χ0v) is 13.4. The number of methoxy groups -OCH3 is 1. The standard InChI is InChI=1S/C17H17F3N2O3/c1-25-16(24)12-9-22-8-10(6-7-14(21)23)15(12)11-4-2-3-5-13(11)17(18,19)20/h2-5,8-9,15,22H,6-7H2,1H3,(H2,21,23). The SMILES string of the molecule is COC(=O)C1=CNC=C(CCC(N)=O)C1c1ccccc1C(F)(F)F. The van der Waals surface area contributed by atoms with Crippen LogP contribution in [0, 0.1) is 0 Å². The second-order valence-electron chi connectivity index (χ2n) is 5.46. The largest absolute Gasteiger partial charge is 0.466 e. The molecule has 1 aromatic carbocycles. The Kier molecular flexibility index (Phi) is 5.51. The van der Waals surface area contributed by atoms with E-state index in [9.17, 15) is 22.8 Å². The molecule has 0 aliphatic carbocycles. The minimum absolute atomic E-state index is 0.0289. The van der Waals surface area contributed by atoms with Gasteiger partial charge in [-0.05, 0) is 23.6 Å². The molecule has 134 valence electrons. The van der Waals surface area contributed by atoms with Gasteiger partial charge in [-0.25, -0.2) is 4.79 Å². The molecule has 1 atom stereocenters. The predicted octanol–water partition coefficient (Wildman–Crippen LogP) is 2.60. The van der Waals surface area contributed by atoms with E-state index in [-0.39, 0.29) is 24.0 Å². The first-order valence-corrected chi connectivity index (χ1v) is 7.43. The number of rotatable bonds is 5. The van der Waals surface area contributed by atoms with E-state index in [1.54, 1.807) is 0 Å². The van der Waals surface area contributed by atoms with Gasteiger partial charge in [-0.15, -0.1) is 0 Å². The number of allylic oxidation sites excluding steroid dienone is 1. The molecule has 0 bridgehead atoms. The zero-order valence-electron chi connectivity index (χ0n) is 13.4. The van der Waals surface area contributed by atoms with Gasteiger partial charge in [0.15, 0.2) is 0 Å². The number of carbonyl (C=O) groups excluding carboxylic acids is 2. The summed E-state index contributed by atoms with van der Waals surface area (Å²) in [5.74, 6) is -2.32.